The number of nitrogens with one attached hydrogen (secondary N) is 1. The van der Waals surface area contributed by atoms with Gasteiger partial charge in [-0.05, 0) is 43.1 Å². The average Bonchev–Trinajstić information content (AvgIpc) is 2.43. The van der Waals surface area contributed by atoms with Crippen LogP contribution in [0.3, 0.4) is 0 Å². The lowest BCUT2D eigenvalue weighted by Crippen LogP contribution is -2.28. The second kappa shape index (κ2) is 7.76. The molecule has 1 N–H and O–H groups in total. The SMILES string of the molecule is CCCCN(C)S(=O)(=O)c1ccc(C)c(CNCC)c1. The number of nitrogens with zero attached hydrogens (tertiary/aromatic N) is 1. The Kier molecular flexibility index (Phi) is 6.65. The third-order valence-corrected chi connectivity index (χ3v) is 5.27. The van der Waals surface area contributed by atoms with Crippen LogP contribution in [0.25, 0.3) is 0 Å². The zero-order chi connectivity index (χ0) is 15.2. The summed E-state index contributed by atoms with van der Waals surface area (Å²) >= 11 is 0. The average molecular weight is 298 g/mol. The van der Waals surface area contributed by atoms with E-state index in [2.05, 4.69) is 12.2 Å². The van der Waals surface area contributed by atoms with Crippen LogP contribution in [-0.2, 0) is 16.6 Å². The molecule has 5 heteroatoms. The summed E-state index contributed by atoms with van der Waals surface area (Å²) in [5.41, 5.74) is 2.15. The fraction of sp³-hybridized carbons (Fsp3) is 0.600. The van der Waals surface area contributed by atoms with Crippen LogP contribution in [0.1, 0.15) is 37.8 Å². The number of unbranched alkanes of at least 4 members (excludes halogenated alkanes) is 1. The van der Waals surface area contributed by atoms with Gasteiger partial charge in [-0.2, -0.15) is 0 Å². The van der Waals surface area contributed by atoms with E-state index in [1.807, 2.05) is 19.9 Å². The zero-order valence-electron chi connectivity index (χ0n) is 12.9. The van der Waals surface area contributed by atoms with Crippen molar-refractivity contribution in [3.8, 4) is 0 Å². The summed E-state index contributed by atoms with van der Waals surface area (Å²) in [6.07, 6.45) is 1.87. The maximum atomic E-state index is 12.5. The van der Waals surface area contributed by atoms with Gasteiger partial charge in [-0.15, -0.1) is 0 Å². The summed E-state index contributed by atoms with van der Waals surface area (Å²) < 4.78 is 26.4. The highest BCUT2D eigenvalue weighted by molar-refractivity contribution is 7.89. The molecule has 0 heterocycles. The first-order valence-corrected chi connectivity index (χ1v) is 8.64. The van der Waals surface area contributed by atoms with Crippen LogP contribution < -0.4 is 5.32 Å². The highest BCUT2D eigenvalue weighted by Gasteiger charge is 2.20. The van der Waals surface area contributed by atoms with E-state index in [-0.39, 0.29) is 0 Å². The van der Waals surface area contributed by atoms with Gasteiger partial charge in [0.25, 0.3) is 0 Å². The first kappa shape index (κ1) is 17.1. The number of rotatable bonds is 8. The normalized spacial score (nSPS) is 12.1. The molecule has 0 aliphatic heterocycles. The summed E-state index contributed by atoms with van der Waals surface area (Å²) in [4.78, 5) is 0.384. The molecule has 0 radical (unpaired) electrons. The quantitative estimate of drug-likeness (QED) is 0.802. The Hall–Kier alpha value is -0.910. The maximum Gasteiger partial charge on any atom is 0.242 e. The molecule has 1 rings (SSSR count). The highest BCUT2D eigenvalue weighted by atomic mass is 32.2. The van der Waals surface area contributed by atoms with E-state index in [0.29, 0.717) is 18.0 Å². The maximum absolute atomic E-state index is 12.5. The van der Waals surface area contributed by atoms with E-state index in [9.17, 15) is 8.42 Å². The number of benzene rings is 1. The van der Waals surface area contributed by atoms with Gasteiger partial charge in [0.05, 0.1) is 4.90 Å². The number of hydrogen-bond acceptors (Lipinski definition) is 3. The Balaban J connectivity index is 3.00. The summed E-state index contributed by atoms with van der Waals surface area (Å²) in [5, 5.41) is 3.24. The topological polar surface area (TPSA) is 49.4 Å². The summed E-state index contributed by atoms with van der Waals surface area (Å²) in [5.74, 6) is 0. The van der Waals surface area contributed by atoms with E-state index in [0.717, 1.165) is 30.5 Å². The van der Waals surface area contributed by atoms with Gasteiger partial charge in [-0.1, -0.05) is 26.3 Å². The van der Waals surface area contributed by atoms with Crippen molar-refractivity contribution in [3.05, 3.63) is 29.3 Å². The Morgan fingerprint density at radius 2 is 1.95 bits per heavy atom. The molecule has 0 spiro atoms. The van der Waals surface area contributed by atoms with Crippen LogP contribution in [0.4, 0.5) is 0 Å². The molecule has 4 nitrogen and oxygen atoms in total. The first-order valence-electron chi connectivity index (χ1n) is 7.20. The smallest absolute Gasteiger partial charge is 0.242 e. The summed E-state index contributed by atoms with van der Waals surface area (Å²) in [7, 11) is -1.72. The predicted octanol–water partition coefficient (Wildman–Crippen LogP) is 2.53. The van der Waals surface area contributed by atoms with Crippen LogP contribution in [0, 0.1) is 6.92 Å². The van der Waals surface area contributed by atoms with Gasteiger partial charge in [0.15, 0.2) is 0 Å². The predicted molar refractivity (Wildman–Crippen MR) is 83.3 cm³/mol. The van der Waals surface area contributed by atoms with Crippen LogP contribution in [0.5, 0.6) is 0 Å². The van der Waals surface area contributed by atoms with E-state index in [4.69, 9.17) is 0 Å². The van der Waals surface area contributed by atoms with E-state index < -0.39 is 10.0 Å². The summed E-state index contributed by atoms with van der Waals surface area (Å²) in [6.45, 7) is 8.23. The molecule has 114 valence electrons. The fourth-order valence-corrected chi connectivity index (χ4v) is 3.20. The van der Waals surface area contributed by atoms with Crippen molar-refractivity contribution in [2.45, 2.75) is 45.1 Å². The minimum absolute atomic E-state index is 0.384. The van der Waals surface area contributed by atoms with Gasteiger partial charge in [-0.25, -0.2) is 12.7 Å². The van der Waals surface area contributed by atoms with E-state index in [1.54, 1.807) is 19.2 Å². The van der Waals surface area contributed by atoms with Gasteiger partial charge in [0.2, 0.25) is 10.0 Å². The molecule has 0 amide bonds. The Bertz CT molecular complexity index is 527. The molecule has 0 aliphatic carbocycles. The van der Waals surface area contributed by atoms with E-state index >= 15 is 0 Å². The largest absolute Gasteiger partial charge is 0.313 e. The Labute approximate surface area is 123 Å². The number of sulfonamides is 1. The molecule has 1 aromatic rings. The lowest BCUT2D eigenvalue weighted by molar-refractivity contribution is 0.459. The minimum Gasteiger partial charge on any atom is -0.313 e. The van der Waals surface area contributed by atoms with Gasteiger partial charge in [0.1, 0.15) is 0 Å². The zero-order valence-corrected chi connectivity index (χ0v) is 13.8. The Morgan fingerprint density at radius 1 is 1.25 bits per heavy atom. The van der Waals surface area contributed by atoms with Crippen LogP contribution in [0.15, 0.2) is 23.1 Å². The standard InChI is InChI=1S/C15H26N2O2S/c1-5-7-10-17(4)20(18,19)15-9-8-13(3)14(11-15)12-16-6-2/h8-9,11,16H,5-7,10,12H2,1-4H3. The van der Waals surface area contributed by atoms with Crippen molar-refractivity contribution in [3.63, 3.8) is 0 Å². The van der Waals surface area contributed by atoms with Crippen molar-refractivity contribution in [2.24, 2.45) is 0 Å². The fourth-order valence-electron chi connectivity index (χ4n) is 1.94. The van der Waals surface area contributed by atoms with Crippen molar-refractivity contribution in [1.82, 2.24) is 9.62 Å². The molecule has 0 atom stereocenters. The van der Waals surface area contributed by atoms with Crippen molar-refractivity contribution in [1.29, 1.82) is 0 Å². The monoisotopic (exact) mass is 298 g/mol. The first-order chi connectivity index (χ1) is 9.43. The second-order valence-electron chi connectivity index (χ2n) is 5.05. The lowest BCUT2D eigenvalue weighted by Gasteiger charge is -2.18. The molecule has 0 bridgehead atoms. The van der Waals surface area contributed by atoms with Crippen LogP contribution >= 0.6 is 0 Å². The summed E-state index contributed by atoms with van der Waals surface area (Å²) in [6, 6.07) is 5.37. The van der Waals surface area contributed by atoms with Crippen molar-refractivity contribution >= 4 is 10.0 Å². The van der Waals surface area contributed by atoms with Crippen LogP contribution in [-0.4, -0.2) is 32.9 Å². The lowest BCUT2D eigenvalue weighted by atomic mass is 10.1. The molecule has 0 aromatic heterocycles. The number of aryl methyl sites for hydroxylation is 1. The van der Waals surface area contributed by atoms with Crippen molar-refractivity contribution < 1.29 is 8.42 Å². The molecular weight excluding hydrogens is 272 g/mol. The number of hydrogen-bond donors (Lipinski definition) is 1. The molecule has 0 saturated heterocycles. The van der Waals surface area contributed by atoms with Gasteiger partial charge in [0, 0.05) is 20.1 Å². The van der Waals surface area contributed by atoms with Gasteiger partial charge < -0.3 is 5.32 Å². The Morgan fingerprint density at radius 3 is 2.55 bits per heavy atom. The van der Waals surface area contributed by atoms with Gasteiger partial charge in [-0.3, -0.25) is 0 Å². The molecule has 0 aliphatic rings. The molecule has 1 aromatic carbocycles. The van der Waals surface area contributed by atoms with Gasteiger partial charge >= 0.3 is 0 Å². The van der Waals surface area contributed by atoms with Crippen LogP contribution in [0.2, 0.25) is 0 Å². The molecular formula is C15H26N2O2S. The molecule has 0 unspecified atom stereocenters. The minimum atomic E-state index is -3.37. The van der Waals surface area contributed by atoms with Crippen molar-refractivity contribution in [2.75, 3.05) is 20.1 Å². The molecule has 0 saturated carbocycles. The van der Waals surface area contributed by atoms with E-state index in [1.165, 1.54) is 4.31 Å². The highest BCUT2D eigenvalue weighted by Crippen LogP contribution is 2.19. The third-order valence-electron chi connectivity index (χ3n) is 3.42. The molecule has 20 heavy (non-hydrogen) atoms. The third kappa shape index (κ3) is 4.30. The second-order valence-corrected chi connectivity index (χ2v) is 7.09. The molecule has 0 fully saturated rings.